The molecular formula is C21H21ClFN5O3. The third-order valence-corrected chi connectivity index (χ3v) is 4.84. The number of rotatable bonds is 7. The molecular weight excluding hydrogens is 425 g/mol. The second-order valence-electron chi connectivity index (χ2n) is 6.89. The summed E-state index contributed by atoms with van der Waals surface area (Å²) in [5.74, 6) is -2.10. The van der Waals surface area contributed by atoms with Crippen molar-refractivity contribution in [2.75, 3.05) is 16.9 Å². The summed E-state index contributed by atoms with van der Waals surface area (Å²) >= 11 is 6.04. The second-order valence-corrected chi connectivity index (χ2v) is 7.33. The van der Waals surface area contributed by atoms with E-state index in [0.29, 0.717) is 17.3 Å². The number of nitrogens with one attached hydrogen (secondary N) is 2. The van der Waals surface area contributed by atoms with Gasteiger partial charge in [-0.3, -0.25) is 19.4 Å². The van der Waals surface area contributed by atoms with E-state index < -0.39 is 23.7 Å². The fourth-order valence-corrected chi connectivity index (χ4v) is 3.22. The maximum Gasteiger partial charge on any atom is 0.271 e. The number of nitrogens with two attached hydrogens (primary N) is 1. The van der Waals surface area contributed by atoms with Gasteiger partial charge in [-0.15, -0.1) is 0 Å². The predicted octanol–water partition coefficient (Wildman–Crippen LogP) is 2.68. The molecule has 0 bridgehead atoms. The standard InChI is InChI=1S/C21H21ClFN5O3/c1-2-9-25-20(30)15-8-3-12(22)10-16(15)26-21(31)17-11-18(19(24)29)28(27-17)14-6-4-13(23)5-7-14/h3-8,10,18H,2,9,11H2,1H3,(H2,24,29)(H,25,30)(H,26,31). The molecule has 0 saturated heterocycles. The topological polar surface area (TPSA) is 117 Å². The van der Waals surface area contributed by atoms with Crippen molar-refractivity contribution in [3.05, 3.63) is 58.9 Å². The summed E-state index contributed by atoms with van der Waals surface area (Å²) in [5.41, 5.74) is 6.37. The highest BCUT2D eigenvalue weighted by Gasteiger charge is 2.35. The lowest BCUT2D eigenvalue weighted by atomic mass is 10.1. The molecule has 0 saturated carbocycles. The molecule has 1 aliphatic rings. The Labute approximate surface area is 183 Å². The van der Waals surface area contributed by atoms with Crippen molar-refractivity contribution in [1.82, 2.24) is 5.32 Å². The predicted molar refractivity (Wildman–Crippen MR) is 117 cm³/mol. The summed E-state index contributed by atoms with van der Waals surface area (Å²) in [5, 5.41) is 11.2. The fourth-order valence-electron chi connectivity index (χ4n) is 3.05. The molecule has 2 aromatic carbocycles. The van der Waals surface area contributed by atoms with E-state index in [1.165, 1.54) is 41.4 Å². The summed E-state index contributed by atoms with van der Waals surface area (Å²) in [6.07, 6.45) is 0.710. The zero-order chi connectivity index (χ0) is 22.5. The third kappa shape index (κ3) is 5.18. The molecule has 8 nitrogen and oxygen atoms in total. The van der Waals surface area contributed by atoms with E-state index >= 15 is 0 Å². The zero-order valence-corrected chi connectivity index (χ0v) is 17.4. The van der Waals surface area contributed by atoms with Crippen molar-refractivity contribution in [2.45, 2.75) is 25.8 Å². The number of hydrazone groups is 1. The van der Waals surface area contributed by atoms with Crippen molar-refractivity contribution in [3.63, 3.8) is 0 Å². The number of nitrogens with zero attached hydrogens (tertiary/aromatic N) is 2. The van der Waals surface area contributed by atoms with E-state index in [2.05, 4.69) is 15.7 Å². The van der Waals surface area contributed by atoms with E-state index in [1.54, 1.807) is 6.07 Å². The lowest BCUT2D eigenvalue weighted by Gasteiger charge is -2.20. The Kier molecular flexibility index (Phi) is 6.86. The lowest BCUT2D eigenvalue weighted by molar-refractivity contribution is -0.119. The molecule has 10 heteroatoms. The van der Waals surface area contributed by atoms with Gasteiger partial charge >= 0.3 is 0 Å². The largest absolute Gasteiger partial charge is 0.368 e. The van der Waals surface area contributed by atoms with E-state index in [9.17, 15) is 18.8 Å². The van der Waals surface area contributed by atoms with Gasteiger partial charge in [-0.05, 0) is 48.9 Å². The van der Waals surface area contributed by atoms with Gasteiger partial charge in [0.15, 0.2) is 0 Å². The lowest BCUT2D eigenvalue weighted by Crippen LogP contribution is -2.39. The van der Waals surface area contributed by atoms with Crippen LogP contribution in [0.25, 0.3) is 0 Å². The minimum Gasteiger partial charge on any atom is -0.368 e. The number of primary amides is 1. The van der Waals surface area contributed by atoms with Gasteiger partial charge in [0.2, 0.25) is 5.91 Å². The normalized spacial score (nSPS) is 15.4. The Morgan fingerprint density at radius 1 is 1.19 bits per heavy atom. The zero-order valence-electron chi connectivity index (χ0n) is 16.7. The minimum atomic E-state index is -0.905. The number of halogens is 2. The molecule has 0 aromatic heterocycles. The first-order valence-electron chi connectivity index (χ1n) is 9.60. The van der Waals surface area contributed by atoms with Crippen LogP contribution in [0.2, 0.25) is 5.02 Å². The van der Waals surface area contributed by atoms with Crippen molar-refractivity contribution in [1.29, 1.82) is 0 Å². The first-order valence-corrected chi connectivity index (χ1v) is 9.98. The molecule has 31 heavy (non-hydrogen) atoms. The van der Waals surface area contributed by atoms with E-state index in [1.807, 2.05) is 6.92 Å². The van der Waals surface area contributed by atoms with Crippen LogP contribution in [-0.2, 0) is 9.59 Å². The Hall–Kier alpha value is -3.46. The number of hydrogen-bond acceptors (Lipinski definition) is 5. The first kappa shape index (κ1) is 22.2. The third-order valence-electron chi connectivity index (χ3n) is 4.60. The van der Waals surface area contributed by atoms with Crippen LogP contribution in [0.5, 0.6) is 0 Å². The van der Waals surface area contributed by atoms with Crippen LogP contribution in [0.15, 0.2) is 47.6 Å². The first-order chi connectivity index (χ1) is 14.8. The van der Waals surface area contributed by atoms with Crippen molar-refractivity contribution < 1.29 is 18.8 Å². The van der Waals surface area contributed by atoms with Crippen LogP contribution in [-0.4, -0.2) is 36.0 Å². The van der Waals surface area contributed by atoms with Gasteiger partial charge in [0.1, 0.15) is 17.6 Å². The van der Waals surface area contributed by atoms with Gasteiger partial charge < -0.3 is 16.4 Å². The molecule has 162 valence electrons. The molecule has 1 atom stereocenters. The van der Waals surface area contributed by atoms with Crippen LogP contribution in [0.3, 0.4) is 0 Å². The van der Waals surface area contributed by atoms with Crippen molar-refractivity contribution >= 4 is 46.4 Å². The van der Waals surface area contributed by atoms with Crippen LogP contribution in [0.4, 0.5) is 15.8 Å². The average Bonchev–Trinajstić information content (AvgIpc) is 3.18. The average molecular weight is 446 g/mol. The molecule has 0 fully saturated rings. The molecule has 0 spiro atoms. The van der Waals surface area contributed by atoms with Gasteiger partial charge in [-0.2, -0.15) is 5.10 Å². The summed E-state index contributed by atoms with van der Waals surface area (Å²) in [4.78, 5) is 37.2. The number of amides is 3. The molecule has 1 aliphatic heterocycles. The van der Waals surface area contributed by atoms with Gasteiger partial charge in [-0.1, -0.05) is 18.5 Å². The van der Waals surface area contributed by atoms with Gasteiger partial charge in [-0.25, -0.2) is 4.39 Å². The van der Waals surface area contributed by atoms with E-state index in [0.717, 1.165) is 6.42 Å². The van der Waals surface area contributed by atoms with Crippen LogP contribution >= 0.6 is 11.6 Å². The number of carbonyl (C=O) groups is 3. The van der Waals surface area contributed by atoms with Crippen molar-refractivity contribution in [2.24, 2.45) is 10.8 Å². The van der Waals surface area contributed by atoms with Crippen LogP contribution < -0.4 is 21.4 Å². The summed E-state index contributed by atoms with van der Waals surface area (Å²) in [6.45, 7) is 2.40. The quantitative estimate of drug-likeness (QED) is 0.607. The highest BCUT2D eigenvalue weighted by Crippen LogP contribution is 2.26. The maximum atomic E-state index is 13.2. The van der Waals surface area contributed by atoms with E-state index in [-0.39, 0.29) is 29.3 Å². The van der Waals surface area contributed by atoms with Gasteiger partial charge in [0.05, 0.1) is 16.9 Å². The van der Waals surface area contributed by atoms with Crippen molar-refractivity contribution in [3.8, 4) is 0 Å². The summed E-state index contributed by atoms with van der Waals surface area (Å²) in [6, 6.07) is 8.91. The fraction of sp³-hybridized carbons (Fsp3) is 0.238. The summed E-state index contributed by atoms with van der Waals surface area (Å²) < 4.78 is 13.2. The van der Waals surface area contributed by atoms with Gasteiger partial charge in [0.25, 0.3) is 11.8 Å². The molecule has 4 N–H and O–H groups in total. The Morgan fingerprint density at radius 3 is 2.55 bits per heavy atom. The number of anilines is 2. The second kappa shape index (κ2) is 9.57. The molecule has 3 rings (SSSR count). The number of benzene rings is 2. The highest BCUT2D eigenvalue weighted by atomic mass is 35.5. The highest BCUT2D eigenvalue weighted by molar-refractivity contribution is 6.44. The molecule has 1 unspecified atom stereocenters. The Morgan fingerprint density at radius 2 is 1.90 bits per heavy atom. The molecule has 1 heterocycles. The Bertz CT molecular complexity index is 1040. The van der Waals surface area contributed by atoms with Crippen LogP contribution in [0.1, 0.15) is 30.1 Å². The smallest absolute Gasteiger partial charge is 0.271 e. The van der Waals surface area contributed by atoms with Crippen LogP contribution in [0, 0.1) is 5.82 Å². The number of carbonyl (C=O) groups excluding carboxylic acids is 3. The number of hydrogen-bond donors (Lipinski definition) is 3. The summed E-state index contributed by atoms with van der Waals surface area (Å²) in [7, 11) is 0. The SMILES string of the molecule is CCCNC(=O)c1ccc(Cl)cc1NC(=O)C1=NN(c2ccc(F)cc2)C(C(N)=O)C1. The monoisotopic (exact) mass is 445 g/mol. The van der Waals surface area contributed by atoms with Gasteiger partial charge in [0, 0.05) is 18.0 Å². The molecule has 2 aromatic rings. The Balaban J connectivity index is 1.85. The minimum absolute atomic E-state index is 0.0352. The van der Waals surface area contributed by atoms with E-state index in [4.69, 9.17) is 17.3 Å². The maximum absolute atomic E-state index is 13.2. The molecule has 3 amide bonds. The molecule has 0 aliphatic carbocycles. The molecule has 0 radical (unpaired) electrons.